The van der Waals surface area contributed by atoms with E-state index in [4.69, 9.17) is 4.74 Å². The number of alkyl halides is 3. The van der Waals surface area contributed by atoms with Gasteiger partial charge in [-0.3, -0.25) is 4.79 Å². The molecule has 6 nitrogen and oxygen atoms in total. The van der Waals surface area contributed by atoms with Crippen molar-refractivity contribution in [3.05, 3.63) is 71.8 Å². The van der Waals surface area contributed by atoms with E-state index < -0.39 is 17.6 Å². The molecule has 0 bridgehead atoms. The normalized spacial score (nSPS) is 14.4. The summed E-state index contributed by atoms with van der Waals surface area (Å²) in [6.07, 6.45) is -4.58. The predicted octanol–water partition coefficient (Wildman–Crippen LogP) is 4.13. The largest absolute Gasteiger partial charge is 0.497 e. The topological polar surface area (TPSA) is 58.6 Å². The summed E-state index contributed by atoms with van der Waals surface area (Å²) >= 11 is 0. The second-order valence-electron chi connectivity index (χ2n) is 7.33. The van der Waals surface area contributed by atoms with E-state index in [1.807, 2.05) is 41.3 Å². The Kier molecular flexibility index (Phi) is 5.98. The SMILES string of the molecule is COc1cccc(-c2ccc(N3CCN(C(=O)c4ccccc4C(F)(F)F)CC3)nn2)c1. The summed E-state index contributed by atoms with van der Waals surface area (Å²) < 4.78 is 45.0. The number of hydrogen-bond acceptors (Lipinski definition) is 5. The van der Waals surface area contributed by atoms with E-state index in [2.05, 4.69) is 10.2 Å². The van der Waals surface area contributed by atoms with Gasteiger partial charge in [-0.1, -0.05) is 24.3 Å². The van der Waals surface area contributed by atoms with Crippen molar-refractivity contribution in [1.82, 2.24) is 15.1 Å². The van der Waals surface area contributed by atoms with Crippen LogP contribution in [0, 0.1) is 0 Å². The molecule has 2 aromatic carbocycles. The average Bonchev–Trinajstić information content (AvgIpc) is 2.83. The van der Waals surface area contributed by atoms with Gasteiger partial charge in [0, 0.05) is 31.7 Å². The Labute approximate surface area is 183 Å². The monoisotopic (exact) mass is 442 g/mol. The molecule has 1 aliphatic heterocycles. The van der Waals surface area contributed by atoms with Crippen molar-refractivity contribution in [3.63, 3.8) is 0 Å². The number of piperazine rings is 1. The molecule has 0 unspecified atom stereocenters. The summed E-state index contributed by atoms with van der Waals surface area (Å²) in [4.78, 5) is 16.1. The highest BCUT2D eigenvalue weighted by molar-refractivity contribution is 5.96. The highest BCUT2D eigenvalue weighted by Gasteiger charge is 2.36. The van der Waals surface area contributed by atoms with Gasteiger partial charge in [-0.25, -0.2) is 0 Å². The standard InChI is InChI=1S/C23H21F3N4O2/c1-32-17-6-4-5-16(15-17)20-9-10-21(28-27-20)29-11-13-30(14-12-29)22(31)18-7-2-3-8-19(18)23(24,25)26/h2-10,15H,11-14H2,1H3. The maximum Gasteiger partial charge on any atom is 0.417 e. The van der Waals surface area contributed by atoms with Crippen LogP contribution in [0.15, 0.2) is 60.7 Å². The summed E-state index contributed by atoms with van der Waals surface area (Å²) in [7, 11) is 1.60. The first kappa shape index (κ1) is 21.6. The number of carbonyl (C=O) groups excluding carboxylic acids is 1. The van der Waals surface area contributed by atoms with Crippen LogP contribution in [0.5, 0.6) is 5.75 Å². The minimum atomic E-state index is -4.58. The molecule has 9 heteroatoms. The number of halogens is 3. The summed E-state index contributed by atoms with van der Waals surface area (Å²) in [6, 6.07) is 16.1. The van der Waals surface area contributed by atoms with Gasteiger partial charge in [0.15, 0.2) is 5.82 Å². The molecule has 0 spiro atoms. The lowest BCUT2D eigenvalue weighted by molar-refractivity contribution is -0.138. The molecule has 1 aromatic heterocycles. The molecule has 0 radical (unpaired) electrons. The molecular formula is C23H21F3N4O2. The van der Waals surface area contributed by atoms with Crippen molar-refractivity contribution in [2.24, 2.45) is 0 Å². The van der Waals surface area contributed by atoms with Crippen LogP contribution in [-0.2, 0) is 6.18 Å². The predicted molar refractivity (Wildman–Crippen MR) is 114 cm³/mol. The van der Waals surface area contributed by atoms with Crippen LogP contribution in [0.2, 0.25) is 0 Å². The van der Waals surface area contributed by atoms with E-state index in [1.165, 1.54) is 23.1 Å². The second-order valence-corrected chi connectivity index (χ2v) is 7.33. The second kappa shape index (κ2) is 8.86. The lowest BCUT2D eigenvalue weighted by atomic mass is 10.1. The molecule has 166 valence electrons. The van der Waals surface area contributed by atoms with Gasteiger partial charge in [0.05, 0.1) is 23.9 Å². The van der Waals surface area contributed by atoms with Crippen LogP contribution in [0.1, 0.15) is 15.9 Å². The molecule has 1 saturated heterocycles. The number of amides is 1. The minimum Gasteiger partial charge on any atom is -0.497 e. The Morgan fingerprint density at radius 2 is 1.69 bits per heavy atom. The number of ether oxygens (including phenoxy) is 1. The fourth-order valence-electron chi connectivity index (χ4n) is 3.66. The Hall–Kier alpha value is -3.62. The van der Waals surface area contributed by atoms with Crippen molar-refractivity contribution in [2.45, 2.75) is 6.18 Å². The van der Waals surface area contributed by atoms with E-state index in [0.717, 1.165) is 17.4 Å². The maximum atomic E-state index is 13.3. The first-order valence-corrected chi connectivity index (χ1v) is 10.1. The van der Waals surface area contributed by atoms with Crippen LogP contribution in [-0.4, -0.2) is 54.3 Å². The van der Waals surface area contributed by atoms with Gasteiger partial charge >= 0.3 is 6.18 Å². The molecular weight excluding hydrogens is 421 g/mol. The molecule has 0 atom stereocenters. The van der Waals surface area contributed by atoms with Crippen LogP contribution in [0.25, 0.3) is 11.3 Å². The molecule has 3 aromatic rings. The van der Waals surface area contributed by atoms with Crippen LogP contribution >= 0.6 is 0 Å². The number of nitrogens with zero attached hydrogens (tertiary/aromatic N) is 4. The number of rotatable bonds is 4. The Bertz CT molecular complexity index is 1090. The number of anilines is 1. The van der Waals surface area contributed by atoms with Gasteiger partial charge in [0.1, 0.15) is 5.75 Å². The highest BCUT2D eigenvalue weighted by Crippen LogP contribution is 2.32. The van der Waals surface area contributed by atoms with E-state index in [1.54, 1.807) is 7.11 Å². The van der Waals surface area contributed by atoms with Crippen LogP contribution in [0.3, 0.4) is 0 Å². The zero-order chi connectivity index (χ0) is 22.7. The van der Waals surface area contributed by atoms with Crippen LogP contribution < -0.4 is 9.64 Å². The Morgan fingerprint density at radius 3 is 2.34 bits per heavy atom. The van der Waals surface area contributed by atoms with Crippen molar-refractivity contribution >= 4 is 11.7 Å². The fourth-order valence-corrected chi connectivity index (χ4v) is 3.66. The molecule has 2 heterocycles. The zero-order valence-corrected chi connectivity index (χ0v) is 17.3. The molecule has 1 fully saturated rings. The zero-order valence-electron chi connectivity index (χ0n) is 17.3. The quantitative estimate of drug-likeness (QED) is 0.608. The first-order chi connectivity index (χ1) is 15.4. The molecule has 1 amide bonds. The Morgan fingerprint density at radius 1 is 0.938 bits per heavy atom. The van der Waals surface area contributed by atoms with Gasteiger partial charge in [-0.05, 0) is 36.4 Å². The summed E-state index contributed by atoms with van der Waals surface area (Å²) in [5.74, 6) is 0.762. The van der Waals surface area contributed by atoms with Crippen molar-refractivity contribution in [3.8, 4) is 17.0 Å². The molecule has 0 N–H and O–H groups in total. The molecule has 0 aliphatic carbocycles. The number of carbonyl (C=O) groups is 1. The minimum absolute atomic E-state index is 0.296. The van der Waals surface area contributed by atoms with E-state index >= 15 is 0 Å². The molecule has 4 rings (SSSR count). The summed E-state index contributed by atoms with van der Waals surface area (Å²) in [5.41, 5.74) is 0.342. The van der Waals surface area contributed by atoms with Gasteiger partial charge in [0.25, 0.3) is 5.91 Å². The van der Waals surface area contributed by atoms with Gasteiger partial charge < -0.3 is 14.5 Å². The van der Waals surface area contributed by atoms with Crippen molar-refractivity contribution in [1.29, 1.82) is 0 Å². The summed E-state index contributed by atoms with van der Waals surface area (Å²) in [5, 5.41) is 8.58. The number of benzene rings is 2. The average molecular weight is 442 g/mol. The number of hydrogen-bond donors (Lipinski definition) is 0. The smallest absolute Gasteiger partial charge is 0.417 e. The van der Waals surface area contributed by atoms with Crippen molar-refractivity contribution in [2.75, 3.05) is 38.2 Å². The van der Waals surface area contributed by atoms with Gasteiger partial charge in [0.2, 0.25) is 0 Å². The van der Waals surface area contributed by atoms with Crippen molar-refractivity contribution < 1.29 is 22.7 Å². The number of aromatic nitrogens is 2. The van der Waals surface area contributed by atoms with Gasteiger partial charge in [-0.15, -0.1) is 10.2 Å². The third kappa shape index (κ3) is 4.51. The molecule has 32 heavy (non-hydrogen) atoms. The molecule has 1 aliphatic rings. The third-order valence-corrected chi connectivity index (χ3v) is 5.37. The summed E-state index contributed by atoms with van der Waals surface area (Å²) in [6.45, 7) is 1.49. The fraction of sp³-hybridized carbons (Fsp3) is 0.261. The molecule has 0 saturated carbocycles. The van der Waals surface area contributed by atoms with E-state index in [9.17, 15) is 18.0 Å². The lowest BCUT2D eigenvalue weighted by Crippen LogP contribution is -2.49. The van der Waals surface area contributed by atoms with E-state index in [0.29, 0.717) is 37.7 Å². The maximum absolute atomic E-state index is 13.3. The third-order valence-electron chi connectivity index (χ3n) is 5.37. The lowest BCUT2D eigenvalue weighted by Gasteiger charge is -2.35. The Balaban J connectivity index is 1.42. The highest BCUT2D eigenvalue weighted by atomic mass is 19.4. The van der Waals surface area contributed by atoms with Crippen LogP contribution in [0.4, 0.5) is 19.0 Å². The first-order valence-electron chi connectivity index (χ1n) is 10.1. The number of methoxy groups -OCH3 is 1. The van der Waals surface area contributed by atoms with Gasteiger partial charge in [-0.2, -0.15) is 13.2 Å². The van der Waals surface area contributed by atoms with E-state index in [-0.39, 0.29) is 5.56 Å².